The number of nitrogen functional groups attached to an aromatic ring is 1. The van der Waals surface area contributed by atoms with Crippen LogP contribution in [0.25, 0.3) is 0 Å². The molecule has 2 rings (SSSR count). The Hall–Kier alpha value is -1.58. The summed E-state index contributed by atoms with van der Waals surface area (Å²) in [6.45, 7) is 8.66. The predicted octanol–water partition coefficient (Wildman–Crippen LogP) is 2.66. The molecule has 0 fully saturated rings. The largest absolute Gasteiger partial charge is 0.486 e. The number of hydrogen-bond donors (Lipinski definition) is 1. The van der Waals surface area contributed by atoms with Crippen LogP contribution in [0.2, 0.25) is 0 Å². The number of fused-ring (bicyclic) bond motifs is 1. The highest BCUT2D eigenvalue weighted by molar-refractivity contribution is 5.73. The summed E-state index contributed by atoms with van der Waals surface area (Å²) in [6.07, 6.45) is 1.09. The van der Waals surface area contributed by atoms with Crippen LogP contribution in [-0.4, -0.2) is 25.8 Å². The topological polar surface area (TPSA) is 47.7 Å². The lowest BCUT2D eigenvalue weighted by Gasteiger charge is -2.31. The zero-order valence-electron chi connectivity index (χ0n) is 11.4. The third-order valence-electron chi connectivity index (χ3n) is 3.46. The minimum Gasteiger partial charge on any atom is -0.486 e. The number of hydrogen-bond acceptors (Lipinski definition) is 4. The Morgan fingerprint density at radius 1 is 1.22 bits per heavy atom. The minimum absolute atomic E-state index is 0.458. The van der Waals surface area contributed by atoms with Crippen LogP contribution < -0.4 is 20.1 Å². The molecule has 1 aromatic rings. The molecule has 2 N–H and O–H groups in total. The van der Waals surface area contributed by atoms with Crippen molar-refractivity contribution in [3.05, 3.63) is 12.1 Å². The maximum Gasteiger partial charge on any atom is 0.163 e. The monoisotopic (exact) mass is 250 g/mol. The van der Waals surface area contributed by atoms with E-state index in [1.165, 1.54) is 0 Å². The van der Waals surface area contributed by atoms with Gasteiger partial charge in [-0.2, -0.15) is 0 Å². The smallest absolute Gasteiger partial charge is 0.163 e. The highest BCUT2D eigenvalue weighted by Gasteiger charge is 2.19. The number of nitrogens with two attached hydrogens (primary N) is 1. The van der Waals surface area contributed by atoms with Gasteiger partial charge in [0.2, 0.25) is 0 Å². The third-order valence-corrected chi connectivity index (χ3v) is 3.46. The Bertz CT molecular complexity index is 421. The molecular weight excluding hydrogens is 228 g/mol. The van der Waals surface area contributed by atoms with E-state index in [9.17, 15) is 0 Å². The number of ether oxygens (including phenoxy) is 2. The van der Waals surface area contributed by atoms with Crippen molar-refractivity contribution >= 4 is 11.4 Å². The van der Waals surface area contributed by atoms with Gasteiger partial charge in [0.15, 0.2) is 11.5 Å². The van der Waals surface area contributed by atoms with Crippen molar-refractivity contribution in [2.24, 2.45) is 0 Å². The lowest BCUT2D eigenvalue weighted by molar-refractivity contribution is 0.172. The molecule has 4 heteroatoms. The zero-order chi connectivity index (χ0) is 13.1. The molecule has 1 heterocycles. The van der Waals surface area contributed by atoms with Gasteiger partial charge in [-0.25, -0.2) is 0 Å². The van der Waals surface area contributed by atoms with Crippen molar-refractivity contribution in [2.75, 3.05) is 30.4 Å². The second-order valence-corrected chi connectivity index (χ2v) is 4.60. The lowest BCUT2D eigenvalue weighted by atomic mass is 10.1. The molecule has 1 atom stereocenters. The molecule has 1 aliphatic rings. The first-order valence-electron chi connectivity index (χ1n) is 6.63. The van der Waals surface area contributed by atoms with Crippen LogP contribution in [0.3, 0.4) is 0 Å². The molecule has 0 saturated heterocycles. The van der Waals surface area contributed by atoms with E-state index >= 15 is 0 Å². The molecule has 0 aliphatic carbocycles. The second-order valence-electron chi connectivity index (χ2n) is 4.60. The maximum atomic E-state index is 6.14. The highest BCUT2D eigenvalue weighted by atomic mass is 16.6. The fourth-order valence-electron chi connectivity index (χ4n) is 2.28. The standard InChI is InChI=1S/C14H22N2O2/c1-4-10(3)16(5-2)12-9-14-13(8-11(12)15)17-6-7-18-14/h8-10H,4-7,15H2,1-3H3. The zero-order valence-corrected chi connectivity index (χ0v) is 11.4. The summed E-state index contributed by atoms with van der Waals surface area (Å²) < 4.78 is 11.2. The average Bonchev–Trinajstić information content (AvgIpc) is 2.39. The van der Waals surface area contributed by atoms with E-state index < -0.39 is 0 Å². The quantitative estimate of drug-likeness (QED) is 0.835. The predicted molar refractivity (Wildman–Crippen MR) is 74.6 cm³/mol. The van der Waals surface area contributed by atoms with Crippen LogP contribution in [0, 0.1) is 0 Å². The number of benzene rings is 1. The van der Waals surface area contributed by atoms with E-state index in [1.807, 2.05) is 12.1 Å². The maximum absolute atomic E-state index is 6.14. The van der Waals surface area contributed by atoms with Crippen molar-refractivity contribution in [1.82, 2.24) is 0 Å². The van der Waals surface area contributed by atoms with Gasteiger partial charge in [0, 0.05) is 24.7 Å². The lowest BCUT2D eigenvalue weighted by Crippen LogP contribution is -2.33. The first-order valence-corrected chi connectivity index (χ1v) is 6.63. The van der Waals surface area contributed by atoms with Crippen LogP contribution >= 0.6 is 0 Å². The summed E-state index contributed by atoms with van der Waals surface area (Å²) in [5.41, 5.74) is 7.93. The highest BCUT2D eigenvalue weighted by Crippen LogP contribution is 2.39. The molecular formula is C14H22N2O2. The Kier molecular flexibility index (Phi) is 3.84. The molecule has 100 valence electrons. The Labute approximate surface area is 109 Å². The fraction of sp³-hybridized carbons (Fsp3) is 0.571. The van der Waals surface area contributed by atoms with Gasteiger partial charge in [-0.05, 0) is 20.3 Å². The summed E-state index contributed by atoms with van der Waals surface area (Å²) >= 11 is 0. The summed E-state index contributed by atoms with van der Waals surface area (Å²) in [5.74, 6) is 1.55. The molecule has 0 aromatic heterocycles. The molecule has 1 aliphatic heterocycles. The van der Waals surface area contributed by atoms with Crippen molar-refractivity contribution < 1.29 is 9.47 Å². The Morgan fingerprint density at radius 3 is 2.39 bits per heavy atom. The van der Waals surface area contributed by atoms with Gasteiger partial charge >= 0.3 is 0 Å². The normalized spacial score (nSPS) is 15.3. The van der Waals surface area contributed by atoms with Gasteiger partial charge in [0.05, 0.1) is 11.4 Å². The molecule has 0 bridgehead atoms. The van der Waals surface area contributed by atoms with E-state index in [1.54, 1.807) is 0 Å². The van der Waals surface area contributed by atoms with Crippen LogP contribution in [0.5, 0.6) is 11.5 Å². The van der Waals surface area contributed by atoms with Crippen molar-refractivity contribution in [3.8, 4) is 11.5 Å². The average molecular weight is 250 g/mol. The summed E-state index contributed by atoms with van der Waals surface area (Å²) in [6, 6.07) is 4.33. The summed E-state index contributed by atoms with van der Waals surface area (Å²) in [7, 11) is 0. The van der Waals surface area contributed by atoms with E-state index in [2.05, 4.69) is 25.7 Å². The van der Waals surface area contributed by atoms with Crippen LogP contribution in [0.15, 0.2) is 12.1 Å². The molecule has 18 heavy (non-hydrogen) atoms. The second kappa shape index (κ2) is 5.38. The summed E-state index contributed by atoms with van der Waals surface area (Å²) in [4.78, 5) is 2.30. The molecule has 0 radical (unpaired) electrons. The first kappa shape index (κ1) is 12.9. The Balaban J connectivity index is 2.37. The van der Waals surface area contributed by atoms with Crippen LogP contribution in [0.4, 0.5) is 11.4 Å². The van der Waals surface area contributed by atoms with Crippen molar-refractivity contribution in [2.45, 2.75) is 33.2 Å². The van der Waals surface area contributed by atoms with Crippen LogP contribution in [0.1, 0.15) is 27.2 Å². The third kappa shape index (κ3) is 2.33. The molecule has 1 aromatic carbocycles. The van der Waals surface area contributed by atoms with Gasteiger partial charge in [0.1, 0.15) is 13.2 Å². The van der Waals surface area contributed by atoms with Crippen molar-refractivity contribution in [1.29, 1.82) is 0 Å². The van der Waals surface area contributed by atoms with Gasteiger partial charge in [-0.3, -0.25) is 0 Å². The molecule has 1 unspecified atom stereocenters. The van der Waals surface area contributed by atoms with Gasteiger partial charge in [-0.1, -0.05) is 6.92 Å². The SMILES string of the molecule is CCC(C)N(CC)c1cc2c(cc1N)OCCO2. The molecule has 0 spiro atoms. The molecule has 0 amide bonds. The molecule has 4 nitrogen and oxygen atoms in total. The van der Waals surface area contributed by atoms with E-state index in [-0.39, 0.29) is 0 Å². The minimum atomic E-state index is 0.458. The van der Waals surface area contributed by atoms with Crippen LogP contribution in [-0.2, 0) is 0 Å². The van der Waals surface area contributed by atoms with E-state index in [4.69, 9.17) is 15.2 Å². The number of anilines is 2. The fourth-order valence-corrected chi connectivity index (χ4v) is 2.28. The number of nitrogens with zero attached hydrogens (tertiary/aromatic N) is 1. The van der Waals surface area contributed by atoms with Crippen molar-refractivity contribution in [3.63, 3.8) is 0 Å². The Morgan fingerprint density at radius 2 is 1.83 bits per heavy atom. The first-order chi connectivity index (χ1) is 8.67. The van der Waals surface area contributed by atoms with Gasteiger partial charge in [0.25, 0.3) is 0 Å². The van der Waals surface area contributed by atoms with E-state index in [0.717, 1.165) is 35.8 Å². The summed E-state index contributed by atoms with van der Waals surface area (Å²) in [5, 5.41) is 0. The number of rotatable bonds is 4. The molecule has 0 saturated carbocycles. The van der Waals surface area contributed by atoms with E-state index in [0.29, 0.717) is 19.3 Å². The van der Waals surface area contributed by atoms with Gasteiger partial charge < -0.3 is 20.1 Å². The van der Waals surface area contributed by atoms with Gasteiger partial charge in [-0.15, -0.1) is 0 Å².